The van der Waals surface area contributed by atoms with Crippen LogP contribution in [0, 0.1) is 5.82 Å². The standard InChI is InChI=1S/C11H7F3N2O2S/c12-7-3-6(1-2-9(7)18-11(13)14)16-10(17)8-4-19-5-15-8/h1-5,11H,(H,16,17). The minimum absolute atomic E-state index is 0.122. The summed E-state index contributed by atoms with van der Waals surface area (Å²) in [6.07, 6.45) is 0. The van der Waals surface area contributed by atoms with Gasteiger partial charge in [0.05, 0.1) is 5.51 Å². The Kier molecular flexibility index (Phi) is 4.00. The molecule has 0 saturated heterocycles. The quantitative estimate of drug-likeness (QED) is 0.940. The molecule has 0 radical (unpaired) electrons. The zero-order chi connectivity index (χ0) is 13.8. The Balaban J connectivity index is 2.10. The molecule has 0 bridgehead atoms. The highest BCUT2D eigenvalue weighted by molar-refractivity contribution is 7.07. The van der Waals surface area contributed by atoms with Gasteiger partial charge in [-0.1, -0.05) is 0 Å². The second kappa shape index (κ2) is 5.70. The summed E-state index contributed by atoms with van der Waals surface area (Å²) in [7, 11) is 0. The number of halogens is 3. The summed E-state index contributed by atoms with van der Waals surface area (Å²) in [4.78, 5) is 15.4. The van der Waals surface area contributed by atoms with Gasteiger partial charge in [0.25, 0.3) is 5.91 Å². The number of amides is 1. The number of carbonyl (C=O) groups excluding carboxylic acids is 1. The average Bonchev–Trinajstić information content (AvgIpc) is 2.86. The van der Waals surface area contributed by atoms with Crippen molar-refractivity contribution in [2.45, 2.75) is 6.61 Å². The highest BCUT2D eigenvalue weighted by Gasteiger charge is 2.12. The third-order valence-corrected chi connectivity index (χ3v) is 2.66. The molecule has 0 aliphatic rings. The highest BCUT2D eigenvalue weighted by Crippen LogP contribution is 2.23. The summed E-state index contributed by atoms with van der Waals surface area (Å²) in [6.45, 7) is -3.11. The molecule has 19 heavy (non-hydrogen) atoms. The lowest BCUT2D eigenvalue weighted by molar-refractivity contribution is -0.0521. The third-order valence-electron chi connectivity index (χ3n) is 2.07. The third kappa shape index (κ3) is 3.44. The summed E-state index contributed by atoms with van der Waals surface area (Å²) < 4.78 is 41.2. The zero-order valence-electron chi connectivity index (χ0n) is 9.27. The van der Waals surface area contributed by atoms with E-state index in [-0.39, 0.29) is 11.4 Å². The lowest BCUT2D eigenvalue weighted by Crippen LogP contribution is -2.12. The maximum absolute atomic E-state index is 13.4. The number of nitrogens with one attached hydrogen (secondary N) is 1. The maximum Gasteiger partial charge on any atom is 0.387 e. The van der Waals surface area contributed by atoms with Crippen LogP contribution in [0.4, 0.5) is 18.9 Å². The number of hydrogen-bond donors (Lipinski definition) is 1. The van der Waals surface area contributed by atoms with Crippen LogP contribution in [-0.4, -0.2) is 17.5 Å². The molecule has 0 spiro atoms. The van der Waals surface area contributed by atoms with Crippen molar-refractivity contribution in [3.05, 3.63) is 40.6 Å². The van der Waals surface area contributed by atoms with Crippen molar-refractivity contribution in [1.82, 2.24) is 4.98 Å². The lowest BCUT2D eigenvalue weighted by Gasteiger charge is -2.08. The normalized spacial score (nSPS) is 10.5. The van der Waals surface area contributed by atoms with Gasteiger partial charge in [0, 0.05) is 17.1 Å². The van der Waals surface area contributed by atoms with Crippen LogP contribution in [0.1, 0.15) is 10.5 Å². The van der Waals surface area contributed by atoms with E-state index in [4.69, 9.17) is 0 Å². The van der Waals surface area contributed by atoms with Crippen molar-refractivity contribution in [3.8, 4) is 5.75 Å². The van der Waals surface area contributed by atoms with Crippen LogP contribution in [-0.2, 0) is 0 Å². The molecule has 1 amide bonds. The number of carbonyl (C=O) groups is 1. The van der Waals surface area contributed by atoms with E-state index in [1.165, 1.54) is 28.3 Å². The molecule has 0 saturated carbocycles. The predicted molar refractivity (Wildman–Crippen MR) is 63.1 cm³/mol. The molecule has 8 heteroatoms. The summed E-state index contributed by atoms with van der Waals surface area (Å²) in [5.74, 6) is -2.08. The van der Waals surface area contributed by atoms with Crippen LogP contribution in [0.5, 0.6) is 5.75 Å². The number of benzene rings is 1. The first-order chi connectivity index (χ1) is 9.06. The number of aromatic nitrogens is 1. The Morgan fingerprint density at radius 2 is 2.21 bits per heavy atom. The van der Waals surface area contributed by atoms with E-state index in [1.807, 2.05) is 0 Å². The molecule has 2 rings (SSSR count). The van der Waals surface area contributed by atoms with E-state index in [0.29, 0.717) is 0 Å². The van der Waals surface area contributed by atoms with Crippen molar-refractivity contribution in [2.75, 3.05) is 5.32 Å². The van der Waals surface area contributed by atoms with Crippen molar-refractivity contribution in [2.24, 2.45) is 0 Å². The predicted octanol–water partition coefficient (Wildman–Crippen LogP) is 3.14. The van der Waals surface area contributed by atoms with Crippen molar-refractivity contribution >= 4 is 22.9 Å². The molecule has 0 aliphatic carbocycles. The van der Waals surface area contributed by atoms with E-state index in [1.54, 1.807) is 0 Å². The Bertz CT molecular complexity index is 575. The fourth-order valence-corrected chi connectivity index (χ4v) is 1.82. The first-order valence-electron chi connectivity index (χ1n) is 5.00. The van der Waals surface area contributed by atoms with Crippen LogP contribution < -0.4 is 10.1 Å². The number of thiazole rings is 1. The van der Waals surface area contributed by atoms with Gasteiger partial charge in [-0.05, 0) is 12.1 Å². The number of alkyl halides is 2. The van der Waals surface area contributed by atoms with Crippen LogP contribution in [0.25, 0.3) is 0 Å². The van der Waals surface area contributed by atoms with Crippen LogP contribution in [0.2, 0.25) is 0 Å². The van der Waals surface area contributed by atoms with E-state index in [0.717, 1.165) is 12.1 Å². The average molecular weight is 288 g/mol. The van der Waals surface area contributed by atoms with Crippen LogP contribution >= 0.6 is 11.3 Å². The summed E-state index contributed by atoms with van der Waals surface area (Å²) >= 11 is 1.24. The minimum atomic E-state index is -3.11. The molecule has 0 fully saturated rings. The largest absolute Gasteiger partial charge is 0.432 e. The molecule has 0 atom stereocenters. The zero-order valence-corrected chi connectivity index (χ0v) is 10.1. The van der Waals surface area contributed by atoms with Gasteiger partial charge in [0.15, 0.2) is 11.6 Å². The van der Waals surface area contributed by atoms with Crippen molar-refractivity contribution in [3.63, 3.8) is 0 Å². The molecule has 1 aromatic heterocycles. The fourth-order valence-electron chi connectivity index (χ4n) is 1.29. The lowest BCUT2D eigenvalue weighted by atomic mass is 10.3. The SMILES string of the molecule is O=C(Nc1ccc(OC(F)F)c(F)c1)c1cscn1. The van der Waals surface area contributed by atoms with Gasteiger partial charge in [-0.2, -0.15) is 8.78 Å². The number of hydrogen-bond acceptors (Lipinski definition) is 4. The van der Waals surface area contributed by atoms with Gasteiger partial charge in [-0.3, -0.25) is 4.79 Å². The number of rotatable bonds is 4. The van der Waals surface area contributed by atoms with Crippen molar-refractivity contribution < 1.29 is 22.7 Å². The smallest absolute Gasteiger partial charge is 0.387 e. The monoisotopic (exact) mass is 288 g/mol. The molecule has 1 heterocycles. The van der Waals surface area contributed by atoms with Gasteiger partial charge >= 0.3 is 6.61 Å². The van der Waals surface area contributed by atoms with E-state index in [9.17, 15) is 18.0 Å². The molecule has 2 aromatic rings. The van der Waals surface area contributed by atoms with Gasteiger partial charge in [-0.15, -0.1) is 11.3 Å². The molecule has 100 valence electrons. The maximum atomic E-state index is 13.4. The Morgan fingerprint density at radius 1 is 1.42 bits per heavy atom. The molecule has 4 nitrogen and oxygen atoms in total. The molecule has 1 aromatic carbocycles. The fraction of sp³-hybridized carbons (Fsp3) is 0.0909. The van der Waals surface area contributed by atoms with E-state index < -0.39 is 24.1 Å². The summed E-state index contributed by atoms with van der Waals surface area (Å²) in [5.41, 5.74) is 1.80. The molecule has 1 N–H and O–H groups in total. The van der Waals surface area contributed by atoms with Gasteiger partial charge < -0.3 is 10.1 Å². The Labute approximate surface area is 109 Å². The van der Waals surface area contributed by atoms with E-state index in [2.05, 4.69) is 15.0 Å². The molecular weight excluding hydrogens is 281 g/mol. The molecular formula is C11H7F3N2O2S. The Morgan fingerprint density at radius 3 is 2.79 bits per heavy atom. The first-order valence-corrected chi connectivity index (χ1v) is 5.94. The summed E-state index contributed by atoms with van der Waals surface area (Å²) in [5, 5.41) is 3.92. The van der Waals surface area contributed by atoms with Crippen LogP contribution in [0.15, 0.2) is 29.1 Å². The number of ether oxygens (including phenoxy) is 1. The Hall–Kier alpha value is -2.09. The van der Waals surface area contributed by atoms with Crippen LogP contribution in [0.3, 0.4) is 0 Å². The minimum Gasteiger partial charge on any atom is -0.432 e. The van der Waals surface area contributed by atoms with Gasteiger partial charge in [0.2, 0.25) is 0 Å². The summed E-state index contributed by atoms with van der Waals surface area (Å²) in [6, 6.07) is 3.16. The van der Waals surface area contributed by atoms with E-state index >= 15 is 0 Å². The second-order valence-electron chi connectivity index (χ2n) is 3.35. The second-order valence-corrected chi connectivity index (χ2v) is 4.07. The highest BCUT2D eigenvalue weighted by atomic mass is 32.1. The van der Waals surface area contributed by atoms with Gasteiger partial charge in [-0.25, -0.2) is 9.37 Å². The van der Waals surface area contributed by atoms with Gasteiger partial charge in [0.1, 0.15) is 5.69 Å². The first kappa shape index (κ1) is 13.3. The molecule has 0 unspecified atom stereocenters. The number of anilines is 1. The topological polar surface area (TPSA) is 51.2 Å². The number of nitrogens with zero attached hydrogens (tertiary/aromatic N) is 1. The molecule has 0 aliphatic heterocycles. The van der Waals surface area contributed by atoms with Crippen molar-refractivity contribution in [1.29, 1.82) is 0 Å².